The van der Waals surface area contributed by atoms with Crippen molar-refractivity contribution in [3.8, 4) is 11.3 Å². The van der Waals surface area contributed by atoms with Crippen LogP contribution in [0.3, 0.4) is 0 Å². The van der Waals surface area contributed by atoms with Gasteiger partial charge in [0, 0.05) is 41.0 Å². The molecule has 39 heavy (non-hydrogen) atoms. The zero-order valence-electron chi connectivity index (χ0n) is 21.4. The number of rotatable bonds is 7. The molecule has 2 amide bonds. The Kier molecular flexibility index (Phi) is 7.88. The number of hydrogen-bond donors (Lipinski definition) is 3. The third-order valence-electron chi connectivity index (χ3n) is 7.03. The molecule has 1 fully saturated rings. The number of aliphatic hydroxyl groups is 2. The van der Waals surface area contributed by atoms with E-state index in [1.165, 1.54) is 4.90 Å². The monoisotopic (exact) mass is 544 g/mol. The van der Waals surface area contributed by atoms with Crippen LogP contribution in [0.15, 0.2) is 72.9 Å². The number of pyridine rings is 2. The van der Waals surface area contributed by atoms with Gasteiger partial charge >= 0.3 is 0 Å². The number of fused-ring (bicyclic) bond motifs is 1. The lowest BCUT2D eigenvalue weighted by Gasteiger charge is -2.28. The van der Waals surface area contributed by atoms with Gasteiger partial charge in [0.25, 0.3) is 11.8 Å². The van der Waals surface area contributed by atoms with Crippen molar-refractivity contribution >= 4 is 34.3 Å². The van der Waals surface area contributed by atoms with E-state index in [0.717, 1.165) is 39.8 Å². The molecule has 0 spiro atoms. The van der Waals surface area contributed by atoms with Gasteiger partial charge in [-0.25, -0.2) is 0 Å². The van der Waals surface area contributed by atoms with E-state index in [0.29, 0.717) is 23.6 Å². The second-order valence-electron chi connectivity index (χ2n) is 9.73. The van der Waals surface area contributed by atoms with Crippen LogP contribution in [-0.2, 0) is 16.1 Å². The van der Waals surface area contributed by atoms with Crippen molar-refractivity contribution in [2.45, 2.75) is 44.6 Å². The van der Waals surface area contributed by atoms with Gasteiger partial charge < -0.3 is 20.4 Å². The molecule has 1 saturated heterocycles. The molecule has 2 aromatic heterocycles. The molecular weight excluding hydrogens is 516 g/mol. The summed E-state index contributed by atoms with van der Waals surface area (Å²) in [6.07, 6.45) is -0.690. The van der Waals surface area contributed by atoms with E-state index >= 15 is 0 Å². The molecule has 3 heterocycles. The fraction of sp³-hybridized carbons (Fsp3) is 0.267. The first-order valence-electron chi connectivity index (χ1n) is 12.8. The second-order valence-corrected chi connectivity index (χ2v) is 10.2. The highest BCUT2D eigenvalue weighted by Crippen LogP contribution is 2.33. The molecular formula is C30H29ClN4O4. The molecule has 0 saturated carbocycles. The normalized spacial score (nSPS) is 16.7. The molecule has 2 unspecified atom stereocenters. The van der Waals surface area contributed by atoms with Crippen LogP contribution >= 0.6 is 11.6 Å². The first-order chi connectivity index (χ1) is 18.8. The Morgan fingerprint density at radius 3 is 2.67 bits per heavy atom. The number of nitrogens with zero attached hydrogens (tertiary/aromatic N) is 3. The zero-order chi connectivity index (χ0) is 27.5. The average Bonchev–Trinajstić information content (AvgIpc) is 3.44. The van der Waals surface area contributed by atoms with Crippen molar-refractivity contribution in [2.24, 2.45) is 0 Å². The van der Waals surface area contributed by atoms with Crippen LogP contribution in [0.1, 0.15) is 35.7 Å². The minimum absolute atomic E-state index is 0.0786. The van der Waals surface area contributed by atoms with Gasteiger partial charge in [0.2, 0.25) is 0 Å². The molecule has 9 heteroatoms. The third kappa shape index (κ3) is 5.78. The number of carbonyl (C=O) groups is 2. The summed E-state index contributed by atoms with van der Waals surface area (Å²) in [5.74, 6) is -1.53. The van der Waals surface area contributed by atoms with Crippen LogP contribution in [0, 0.1) is 6.92 Å². The number of hydrogen-bond acceptors (Lipinski definition) is 6. The van der Waals surface area contributed by atoms with Gasteiger partial charge in [-0.05, 0) is 61.2 Å². The third-order valence-corrected chi connectivity index (χ3v) is 7.26. The maximum absolute atomic E-state index is 13.0. The van der Waals surface area contributed by atoms with Gasteiger partial charge in [0.05, 0.1) is 17.3 Å². The molecule has 0 bridgehead atoms. The van der Waals surface area contributed by atoms with Crippen LogP contribution in [0.4, 0.5) is 0 Å². The molecule has 1 aliphatic rings. The summed E-state index contributed by atoms with van der Waals surface area (Å²) in [4.78, 5) is 36.2. The van der Waals surface area contributed by atoms with Crippen molar-refractivity contribution in [1.82, 2.24) is 20.2 Å². The maximum Gasteiger partial charge on any atom is 0.255 e. The summed E-state index contributed by atoms with van der Waals surface area (Å²) in [5.41, 5.74) is 5.10. The summed E-state index contributed by atoms with van der Waals surface area (Å²) >= 11 is 6.11. The van der Waals surface area contributed by atoms with E-state index in [1.54, 1.807) is 24.4 Å². The molecule has 2 aromatic carbocycles. The summed E-state index contributed by atoms with van der Waals surface area (Å²) < 4.78 is 0. The summed E-state index contributed by atoms with van der Waals surface area (Å²) in [6.45, 7) is 2.45. The van der Waals surface area contributed by atoms with E-state index in [9.17, 15) is 19.8 Å². The number of carbonyl (C=O) groups excluding carboxylic acids is 2. The van der Waals surface area contributed by atoms with Crippen molar-refractivity contribution in [1.29, 1.82) is 0 Å². The molecule has 5 rings (SSSR count). The van der Waals surface area contributed by atoms with Crippen LogP contribution in [-0.4, -0.2) is 55.6 Å². The average molecular weight is 545 g/mol. The number of likely N-dealkylation sites (tertiary alicyclic amines) is 1. The van der Waals surface area contributed by atoms with E-state index < -0.39 is 24.0 Å². The number of halogens is 1. The van der Waals surface area contributed by atoms with Crippen LogP contribution in [0.2, 0.25) is 5.02 Å². The minimum Gasteiger partial charge on any atom is -0.380 e. The van der Waals surface area contributed by atoms with E-state index in [2.05, 4.69) is 15.3 Å². The Bertz CT molecular complexity index is 1510. The second kappa shape index (κ2) is 11.5. The Hall–Kier alpha value is -3.85. The van der Waals surface area contributed by atoms with Crippen LogP contribution < -0.4 is 5.32 Å². The molecule has 0 aliphatic carbocycles. The molecule has 3 N–H and O–H groups in total. The van der Waals surface area contributed by atoms with E-state index in [-0.39, 0.29) is 12.6 Å². The number of benzene rings is 2. The van der Waals surface area contributed by atoms with Crippen LogP contribution in [0.25, 0.3) is 22.2 Å². The van der Waals surface area contributed by atoms with Crippen molar-refractivity contribution in [3.63, 3.8) is 0 Å². The predicted molar refractivity (Wildman–Crippen MR) is 149 cm³/mol. The topological polar surface area (TPSA) is 116 Å². The first kappa shape index (κ1) is 26.7. The van der Waals surface area contributed by atoms with Crippen molar-refractivity contribution in [3.05, 3.63) is 94.8 Å². The number of aryl methyl sites for hydroxylation is 1. The van der Waals surface area contributed by atoms with E-state index in [4.69, 9.17) is 11.6 Å². The van der Waals surface area contributed by atoms with Crippen LogP contribution in [0.5, 0.6) is 0 Å². The highest BCUT2D eigenvalue weighted by atomic mass is 35.5. The Morgan fingerprint density at radius 2 is 1.90 bits per heavy atom. The quantitative estimate of drug-likeness (QED) is 0.324. The summed E-state index contributed by atoms with van der Waals surface area (Å²) in [5, 5.41) is 25.1. The summed E-state index contributed by atoms with van der Waals surface area (Å²) in [7, 11) is 0. The SMILES string of the molecule is Cc1ccc2c(-c3ccc(CNC(=O)C(O)[C@@H](O)C(=O)N4CCCC4c4cccc(Cl)c4)cn3)cccc2n1. The number of amides is 2. The highest BCUT2D eigenvalue weighted by molar-refractivity contribution is 6.30. The standard InChI is InChI=1S/C30H29ClN4O4/c1-18-10-12-23-22(7-3-8-25(23)34-18)24-13-11-19(16-32-24)17-33-29(38)27(36)28(37)30(39)35-14-4-9-26(35)20-5-2-6-21(31)15-20/h2-3,5-8,10-13,15-16,26-28,36-37H,4,9,14,17H2,1H3,(H,33,38)/t26?,27?,28-/m1/s1. The number of nitrogens with one attached hydrogen (secondary N) is 1. The fourth-order valence-electron chi connectivity index (χ4n) is 5.00. The van der Waals surface area contributed by atoms with Gasteiger partial charge in [-0.3, -0.25) is 19.6 Å². The van der Waals surface area contributed by atoms with Gasteiger partial charge in [-0.1, -0.05) is 48.0 Å². The first-order valence-corrected chi connectivity index (χ1v) is 13.2. The van der Waals surface area contributed by atoms with Gasteiger partial charge in [-0.15, -0.1) is 0 Å². The van der Waals surface area contributed by atoms with Gasteiger partial charge in [0.1, 0.15) is 0 Å². The molecule has 1 aliphatic heterocycles. The maximum atomic E-state index is 13.0. The van der Waals surface area contributed by atoms with Gasteiger partial charge in [-0.2, -0.15) is 0 Å². The zero-order valence-corrected chi connectivity index (χ0v) is 22.2. The molecule has 4 aromatic rings. The molecule has 8 nitrogen and oxygen atoms in total. The van der Waals surface area contributed by atoms with Gasteiger partial charge in [0.15, 0.2) is 12.2 Å². The lowest BCUT2D eigenvalue weighted by atomic mass is 10.0. The Labute approximate surface area is 231 Å². The number of aliphatic hydroxyl groups excluding tert-OH is 2. The van der Waals surface area contributed by atoms with Crippen molar-refractivity contribution < 1.29 is 19.8 Å². The highest BCUT2D eigenvalue weighted by Gasteiger charge is 2.38. The molecule has 200 valence electrons. The largest absolute Gasteiger partial charge is 0.380 e. The Balaban J connectivity index is 1.20. The smallest absolute Gasteiger partial charge is 0.255 e. The lowest BCUT2D eigenvalue weighted by molar-refractivity contribution is -0.153. The summed E-state index contributed by atoms with van der Waals surface area (Å²) in [6, 6.07) is 20.5. The lowest BCUT2D eigenvalue weighted by Crippen LogP contribution is -2.50. The van der Waals surface area contributed by atoms with E-state index in [1.807, 2.05) is 55.5 Å². The molecule has 3 atom stereocenters. The fourth-order valence-corrected chi connectivity index (χ4v) is 5.20. The predicted octanol–water partition coefficient (Wildman–Crippen LogP) is 3.96. The molecule has 0 radical (unpaired) electrons. The number of aromatic nitrogens is 2. The Morgan fingerprint density at radius 1 is 1.08 bits per heavy atom. The minimum atomic E-state index is -1.91. The van der Waals surface area contributed by atoms with Crippen molar-refractivity contribution in [2.75, 3.05) is 6.54 Å².